The van der Waals surface area contributed by atoms with E-state index >= 15 is 0 Å². The molecule has 0 saturated heterocycles. The van der Waals surface area contributed by atoms with E-state index in [1.54, 1.807) is 0 Å². The van der Waals surface area contributed by atoms with Gasteiger partial charge in [0, 0.05) is 17.3 Å². The largest absolute Gasteiger partial charge is 0.396 e. The molecule has 0 aromatic carbocycles. The van der Waals surface area contributed by atoms with Gasteiger partial charge in [-0.3, -0.25) is 4.40 Å². The van der Waals surface area contributed by atoms with Gasteiger partial charge in [0.25, 0.3) is 0 Å². The van der Waals surface area contributed by atoms with Gasteiger partial charge in [-0.15, -0.1) is 23.1 Å². The van der Waals surface area contributed by atoms with E-state index in [0.717, 1.165) is 15.7 Å². The first-order chi connectivity index (χ1) is 6.86. The fourth-order valence-electron chi connectivity index (χ4n) is 1.21. The fourth-order valence-corrected chi connectivity index (χ4v) is 2.77. The number of fused-ring (bicyclic) bond motifs is 1. The number of thioether (sulfide) groups is 1. The molecule has 0 saturated carbocycles. The predicted octanol–water partition coefficient (Wildman–Crippen LogP) is 0.972. The minimum Gasteiger partial charge on any atom is -0.396 e. The van der Waals surface area contributed by atoms with Crippen molar-refractivity contribution in [3.05, 3.63) is 17.3 Å². The van der Waals surface area contributed by atoms with Gasteiger partial charge >= 0.3 is 0 Å². The number of rotatable bonds is 4. The summed E-state index contributed by atoms with van der Waals surface area (Å²) in [5, 5.41) is 20.6. The van der Waals surface area contributed by atoms with E-state index in [4.69, 9.17) is 5.11 Å². The molecule has 0 unspecified atom stereocenters. The number of hydrogen-bond donors (Lipinski definition) is 2. The zero-order valence-electron chi connectivity index (χ0n) is 7.38. The standard InChI is InChI=1S/C8H10N2O2S2/c11-2-4-13-7-6(5-12)10-1-3-14-8(10)9-7/h1,3,11-12H,2,4-5H2. The lowest BCUT2D eigenvalue weighted by Gasteiger charge is -1.98. The first-order valence-electron chi connectivity index (χ1n) is 4.15. The molecule has 2 rings (SSSR count). The third-order valence-electron chi connectivity index (χ3n) is 1.80. The second-order valence-corrected chi connectivity index (χ2v) is 4.61. The van der Waals surface area contributed by atoms with Gasteiger partial charge in [-0.25, -0.2) is 4.98 Å². The van der Waals surface area contributed by atoms with Crippen LogP contribution < -0.4 is 0 Å². The van der Waals surface area contributed by atoms with Crippen LogP contribution in [-0.2, 0) is 6.61 Å². The lowest BCUT2D eigenvalue weighted by atomic mass is 10.5. The van der Waals surface area contributed by atoms with Crippen molar-refractivity contribution in [3.63, 3.8) is 0 Å². The number of aromatic nitrogens is 2. The van der Waals surface area contributed by atoms with Gasteiger partial charge in [0.2, 0.25) is 0 Å². The third-order valence-corrected chi connectivity index (χ3v) is 3.55. The molecule has 0 atom stereocenters. The molecule has 4 nitrogen and oxygen atoms in total. The average molecular weight is 230 g/mol. The summed E-state index contributed by atoms with van der Waals surface area (Å²) in [5.74, 6) is 0.609. The molecule has 0 fully saturated rings. The monoisotopic (exact) mass is 230 g/mol. The van der Waals surface area contributed by atoms with E-state index in [0.29, 0.717) is 5.75 Å². The van der Waals surface area contributed by atoms with Gasteiger partial charge in [0.05, 0.1) is 18.9 Å². The van der Waals surface area contributed by atoms with Crippen LogP contribution >= 0.6 is 23.1 Å². The number of aliphatic hydroxyl groups is 2. The van der Waals surface area contributed by atoms with Crippen LogP contribution in [0.2, 0.25) is 0 Å². The molecule has 2 aromatic heterocycles. The highest BCUT2D eigenvalue weighted by molar-refractivity contribution is 7.99. The summed E-state index contributed by atoms with van der Waals surface area (Å²) in [4.78, 5) is 5.24. The van der Waals surface area contributed by atoms with Gasteiger partial charge < -0.3 is 10.2 Å². The van der Waals surface area contributed by atoms with E-state index in [1.165, 1.54) is 23.1 Å². The Bertz CT molecular complexity index is 424. The maximum absolute atomic E-state index is 9.19. The SMILES string of the molecule is OCCSc1nc2sccn2c1CO. The summed E-state index contributed by atoms with van der Waals surface area (Å²) < 4.78 is 1.88. The van der Waals surface area contributed by atoms with Crippen LogP contribution in [0.1, 0.15) is 5.69 Å². The zero-order chi connectivity index (χ0) is 9.97. The maximum Gasteiger partial charge on any atom is 0.195 e. The van der Waals surface area contributed by atoms with Gasteiger partial charge in [-0.05, 0) is 0 Å². The molecule has 0 aliphatic heterocycles. The molecule has 6 heteroatoms. The third kappa shape index (κ3) is 1.66. The van der Waals surface area contributed by atoms with Gasteiger partial charge in [-0.2, -0.15) is 0 Å². The van der Waals surface area contributed by atoms with Crippen LogP contribution in [0.3, 0.4) is 0 Å². The second-order valence-electron chi connectivity index (χ2n) is 2.65. The molecular weight excluding hydrogens is 220 g/mol. The first-order valence-corrected chi connectivity index (χ1v) is 6.02. The zero-order valence-corrected chi connectivity index (χ0v) is 9.01. The Hall–Kier alpha value is -0.560. The van der Waals surface area contributed by atoms with Gasteiger partial charge in [0.15, 0.2) is 4.96 Å². The topological polar surface area (TPSA) is 57.8 Å². The van der Waals surface area contributed by atoms with Crippen LogP contribution in [-0.4, -0.2) is 32.0 Å². The highest BCUT2D eigenvalue weighted by Gasteiger charge is 2.11. The summed E-state index contributed by atoms with van der Waals surface area (Å²) >= 11 is 3.00. The molecule has 14 heavy (non-hydrogen) atoms. The van der Waals surface area contributed by atoms with Crippen molar-refractivity contribution in [1.29, 1.82) is 0 Å². The highest BCUT2D eigenvalue weighted by atomic mass is 32.2. The molecule has 0 bridgehead atoms. The second kappa shape index (κ2) is 4.31. The molecule has 0 aliphatic rings. The molecule has 0 aliphatic carbocycles. The van der Waals surface area contributed by atoms with Crippen molar-refractivity contribution in [2.24, 2.45) is 0 Å². The number of imidazole rings is 1. The Morgan fingerprint density at radius 1 is 1.50 bits per heavy atom. The Morgan fingerprint density at radius 3 is 3.07 bits per heavy atom. The van der Waals surface area contributed by atoms with Gasteiger partial charge in [-0.1, -0.05) is 0 Å². The molecular formula is C8H10N2O2S2. The Balaban J connectivity index is 2.37. The predicted molar refractivity (Wildman–Crippen MR) is 56.8 cm³/mol. The Kier molecular flexibility index (Phi) is 3.07. The summed E-state index contributed by atoms with van der Waals surface area (Å²) in [7, 11) is 0. The molecule has 2 heterocycles. The maximum atomic E-state index is 9.19. The molecule has 2 aromatic rings. The number of hydrogen-bond acceptors (Lipinski definition) is 5. The highest BCUT2D eigenvalue weighted by Crippen LogP contribution is 2.25. The number of thiazole rings is 1. The lowest BCUT2D eigenvalue weighted by Crippen LogP contribution is -1.93. The number of aliphatic hydroxyl groups excluding tert-OH is 2. The van der Waals surface area contributed by atoms with Crippen molar-refractivity contribution in [2.45, 2.75) is 11.6 Å². The summed E-state index contributed by atoms with van der Waals surface area (Å²) in [6.45, 7) is 0.104. The van der Waals surface area contributed by atoms with Crippen molar-refractivity contribution in [3.8, 4) is 0 Å². The quantitative estimate of drug-likeness (QED) is 0.769. The Labute approximate surface area is 89.2 Å². The Morgan fingerprint density at radius 2 is 2.36 bits per heavy atom. The van der Waals surface area contributed by atoms with E-state index < -0.39 is 0 Å². The number of nitrogens with zero attached hydrogens (tertiary/aromatic N) is 2. The fraction of sp³-hybridized carbons (Fsp3) is 0.375. The van der Waals surface area contributed by atoms with Crippen LogP contribution in [0.4, 0.5) is 0 Å². The average Bonchev–Trinajstić information content (AvgIpc) is 2.73. The minimum absolute atomic E-state index is 0.0222. The van der Waals surface area contributed by atoms with Crippen molar-refractivity contribution < 1.29 is 10.2 Å². The van der Waals surface area contributed by atoms with Crippen LogP contribution in [0, 0.1) is 0 Å². The van der Waals surface area contributed by atoms with E-state index in [-0.39, 0.29) is 13.2 Å². The molecule has 0 radical (unpaired) electrons. The first kappa shape index (κ1) is 9.97. The van der Waals surface area contributed by atoms with E-state index in [2.05, 4.69) is 4.98 Å². The van der Waals surface area contributed by atoms with Crippen LogP contribution in [0.5, 0.6) is 0 Å². The van der Waals surface area contributed by atoms with Gasteiger partial charge in [0.1, 0.15) is 5.03 Å². The van der Waals surface area contributed by atoms with Crippen LogP contribution in [0.15, 0.2) is 16.6 Å². The van der Waals surface area contributed by atoms with E-state index in [9.17, 15) is 5.11 Å². The summed E-state index contributed by atoms with van der Waals surface area (Å²) in [5.41, 5.74) is 0.805. The smallest absolute Gasteiger partial charge is 0.195 e. The molecule has 76 valence electrons. The van der Waals surface area contributed by atoms with Crippen molar-refractivity contribution in [2.75, 3.05) is 12.4 Å². The normalized spacial score (nSPS) is 11.3. The summed E-state index contributed by atoms with van der Waals surface area (Å²) in [6, 6.07) is 0. The van der Waals surface area contributed by atoms with Crippen molar-refractivity contribution in [1.82, 2.24) is 9.38 Å². The van der Waals surface area contributed by atoms with Crippen LogP contribution in [0.25, 0.3) is 4.96 Å². The minimum atomic E-state index is -0.0222. The van der Waals surface area contributed by atoms with Crippen molar-refractivity contribution >= 4 is 28.1 Å². The summed E-state index contributed by atoms with van der Waals surface area (Å²) in [6.07, 6.45) is 1.89. The lowest BCUT2D eigenvalue weighted by molar-refractivity contribution is 0.272. The molecule has 0 amide bonds. The molecule has 0 spiro atoms. The van der Waals surface area contributed by atoms with E-state index in [1.807, 2.05) is 16.0 Å². The molecule has 2 N–H and O–H groups in total.